The Morgan fingerprint density at radius 2 is 2.10 bits per heavy atom. The van der Waals surface area contributed by atoms with Gasteiger partial charge in [-0.1, -0.05) is 18.6 Å². The van der Waals surface area contributed by atoms with Crippen LogP contribution in [0.4, 0.5) is 0 Å². The summed E-state index contributed by atoms with van der Waals surface area (Å²) in [6, 6.07) is 0. The van der Waals surface area contributed by atoms with Crippen molar-refractivity contribution in [3.8, 4) is 0 Å². The fourth-order valence-corrected chi connectivity index (χ4v) is 1.42. The third-order valence-corrected chi connectivity index (χ3v) is 2.10. The fourth-order valence-electron chi connectivity index (χ4n) is 0.783. The molecule has 1 heteroatoms. The van der Waals surface area contributed by atoms with Crippen molar-refractivity contribution in [2.75, 3.05) is 6.26 Å². The maximum atomic E-state index is 2.22. The molecule has 0 aliphatic rings. The Balaban J connectivity index is 4.21. The first-order valence-electron chi connectivity index (χ1n) is 3.61. The molecule has 0 saturated heterocycles. The first-order chi connectivity index (χ1) is 4.76. The Bertz CT molecular complexity index is 143. The lowest BCUT2D eigenvalue weighted by molar-refractivity contribution is 1.11. The van der Waals surface area contributed by atoms with Gasteiger partial charge < -0.3 is 0 Å². The molecule has 0 aromatic heterocycles. The molecule has 0 heterocycles. The van der Waals surface area contributed by atoms with Gasteiger partial charge in [0.1, 0.15) is 0 Å². The quantitative estimate of drug-likeness (QED) is 0.562. The molecule has 0 atom stereocenters. The molecule has 0 saturated carbocycles. The molecule has 0 rings (SSSR count). The second-order valence-electron chi connectivity index (χ2n) is 2.20. The van der Waals surface area contributed by atoms with E-state index in [1.807, 2.05) is 0 Å². The van der Waals surface area contributed by atoms with Crippen LogP contribution in [0.2, 0.25) is 0 Å². The second-order valence-corrected chi connectivity index (χ2v) is 2.91. The summed E-state index contributed by atoms with van der Waals surface area (Å²) in [5.41, 5.74) is 2.85. The van der Waals surface area contributed by atoms with Crippen LogP contribution in [0.1, 0.15) is 27.2 Å². The second kappa shape index (κ2) is 5.60. The van der Waals surface area contributed by atoms with Crippen molar-refractivity contribution in [3.63, 3.8) is 0 Å². The molecule has 0 radical (unpaired) electrons. The summed E-state index contributed by atoms with van der Waals surface area (Å²) in [6.07, 6.45) is 5.39. The van der Waals surface area contributed by atoms with E-state index in [4.69, 9.17) is 0 Å². The van der Waals surface area contributed by atoms with Crippen molar-refractivity contribution in [1.82, 2.24) is 0 Å². The minimum absolute atomic E-state index is 1.14. The molecule has 0 bridgehead atoms. The van der Waals surface area contributed by atoms with Gasteiger partial charge in [-0.05, 0) is 37.5 Å². The normalized spacial score (nSPS) is 14.0. The Morgan fingerprint density at radius 3 is 2.40 bits per heavy atom. The maximum absolute atomic E-state index is 2.22. The highest BCUT2D eigenvalue weighted by molar-refractivity contribution is 8.01. The number of hydrogen-bond donors (Lipinski definition) is 0. The summed E-state index contributed by atoms with van der Waals surface area (Å²) in [4.78, 5) is 0. The first-order valence-corrected chi connectivity index (χ1v) is 4.90. The zero-order valence-electron chi connectivity index (χ0n) is 7.27. The summed E-state index contributed by atoms with van der Waals surface area (Å²) >= 11 is 1.78. The summed E-state index contributed by atoms with van der Waals surface area (Å²) in [5.74, 6) is 0. The number of thioether (sulfide) groups is 1. The van der Waals surface area contributed by atoms with Crippen LogP contribution in [0.25, 0.3) is 0 Å². The molecular weight excluding hydrogens is 140 g/mol. The average molecular weight is 156 g/mol. The molecule has 0 unspecified atom stereocenters. The SMILES string of the molecule is C/C=C(C)/C(=C/SC)CC. The molecule has 0 fully saturated rings. The molecule has 0 amide bonds. The van der Waals surface area contributed by atoms with E-state index >= 15 is 0 Å². The van der Waals surface area contributed by atoms with Crippen molar-refractivity contribution < 1.29 is 0 Å². The molecule has 0 spiro atoms. The maximum Gasteiger partial charge on any atom is -0.0142 e. The fraction of sp³-hybridized carbons (Fsp3) is 0.556. The van der Waals surface area contributed by atoms with Gasteiger partial charge in [0.2, 0.25) is 0 Å². The molecular formula is C9H16S. The zero-order valence-corrected chi connectivity index (χ0v) is 8.09. The van der Waals surface area contributed by atoms with E-state index in [9.17, 15) is 0 Å². The van der Waals surface area contributed by atoms with Crippen molar-refractivity contribution >= 4 is 11.8 Å². The van der Waals surface area contributed by atoms with E-state index in [0.717, 1.165) is 6.42 Å². The monoisotopic (exact) mass is 156 g/mol. The molecule has 10 heavy (non-hydrogen) atoms. The highest BCUT2D eigenvalue weighted by Crippen LogP contribution is 2.15. The molecule has 0 aliphatic heterocycles. The predicted octanol–water partition coefficient (Wildman–Crippen LogP) is 3.61. The van der Waals surface area contributed by atoms with Gasteiger partial charge in [0.05, 0.1) is 0 Å². The van der Waals surface area contributed by atoms with Crippen LogP contribution in [-0.4, -0.2) is 6.26 Å². The van der Waals surface area contributed by atoms with Gasteiger partial charge in [-0.3, -0.25) is 0 Å². The van der Waals surface area contributed by atoms with E-state index in [1.54, 1.807) is 11.8 Å². The van der Waals surface area contributed by atoms with Crippen molar-refractivity contribution in [3.05, 3.63) is 22.6 Å². The standard InChI is InChI=1S/C9H16S/c1-5-8(3)9(6-2)7-10-4/h5,7H,6H2,1-4H3/b8-5+,9-7+. The van der Waals surface area contributed by atoms with Crippen LogP contribution in [0.5, 0.6) is 0 Å². The van der Waals surface area contributed by atoms with Gasteiger partial charge in [-0.2, -0.15) is 0 Å². The number of hydrogen-bond acceptors (Lipinski definition) is 1. The average Bonchev–Trinajstić information content (AvgIpc) is 1.99. The highest BCUT2D eigenvalue weighted by atomic mass is 32.2. The van der Waals surface area contributed by atoms with Gasteiger partial charge in [0.15, 0.2) is 0 Å². The Hall–Kier alpha value is -0.170. The lowest BCUT2D eigenvalue weighted by atomic mass is 10.1. The summed E-state index contributed by atoms with van der Waals surface area (Å²) in [6.45, 7) is 6.43. The van der Waals surface area contributed by atoms with Gasteiger partial charge in [0, 0.05) is 0 Å². The van der Waals surface area contributed by atoms with Crippen LogP contribution < -0.4 is 0 Å². The van der Waals surface area contributed by atoms with E-state index in [-0.39, 0.29) is 0 Å². The molecule has 0 aromatic rings. The molecule has 0 nitrogen and oxygen atoms in total. The zero-order chi connectivity index (χ0) is 7.98. The summed E-state index contributed by atoms with van der Waals surface area (Å²) < 4.78 is 0. The third-order valence-electron chi connectivity index (χ3n) is 1.58. The van der Waals surface area contributed by atoms with E-state index in [2.05, 4.69) is 38.5 Å². The van der Waals surface area contributed by atoms with Crippen molar-refractivity contribution in [2.45, 2.75) is 27.2 Å². The van der Waals surface area contributed by atoms with Gasteiger partial charge in [-0.15, -0.1) is 11.8 Å². The Kier molecular flexibility index (Phi) is 5.51. The summed E-state index contributed by atoms with van der Waals surface area (Å²) in [5, 5.41) is 2.22. The van der Waals surface area contributed by atoms with Crippen LogP contribution in [0, 0.1) is 0 Å². The Labute approximate surface area is 68.4 Å². The molecule has 58 valence electrons. The largest absolute Gasteiger partial charge is 0.137 e. The van der Waals surface area contributed by atoms with Crippen LogP contribution in [0.15, 0.2) is 22.6 Å². The Morgan fingerprint density at radius 1 is 1.50 bits per heavy atom. The topological polar surface area (TPSA) is 0 Å². The van der Waals surface area contributed by atoms with Crippen molar-refractivity contribution in [2.24, 2.45) is 0 Å². The number of rotatable bonds is 3. The molecule has 0 aliphatic carbocycles. The number of allylic oxidation sites excluding steroid dienone is 3. The van der Waals surface area contributed by atoms with Gasteiger partial charge in [0.25, 0.3) is 0 Å². The van der Waals surface area contributed by atoms with Crippen LogP contribution in [0.3, 0.4) is 0 Å². The van der Waals surface area contributed by atoms with Gasteiger partial charge in [-0.25, -0.2) is 0 Å². The van der Waals surface area contributed by atoms with Crippen LogP contribution in [-0.2, 0) is 0 Å². The van der Waals surface area contributed by atoms with E-state index in [1.165, 1.54) is 11.1 Å². The minimum Gasteiger partial charge on any atom is -0.137 e. The van der Waals surface area contributed by atoms with Gasteiger partial charge >= 0.3 is 0 Å². The molecule has 0 N–H and O–H groups in total. The predicted molar refractivity (Wildman–Crippen MR) is 51.3 cm³/mol. The third kappa shape index (κ3) is 3.11. The van der Waals surface area contributed by atoms with Crippen molar-refractivity contribution in [1.29, 1.82) is 0 Å². The lowest BCUT2D eigenvalue weighted by Crippen LogP contribution is -1.80. The van der Waals surface area contributed by atoms with E-state index < -0.39 is 0 Å². The summed E-state index contributed by atoms with van der Waals surface area (Å²) in [7, 11) is 0. The lowest BCUT2D eigenvalue weighted by Gasteiger charge is -2.01. The first kappa shape index (κ1) is 9.83. The molecule has 0 aromatic carbocycles. The minimum atomic E-state index is 1.14. The van der Waals surface area contributed by atoms with Crippen LogP contribution >= 0.6 is 11.8 Å². The smallest absolute Gasteiger partial charge is 0.0142 e. The van der Waals surface area contributed by atoms with E-state index in [0.29, 0.717) is 0 Å². The highest BCUT2D eigenvalue weighted by Gasteiger charge is 1.93.